The van der Waals surface area contributed by atoms with Crippen LogP contribution in [0.5, 0.6) is 0 Å². The van der Waals surface area contributed by atoms with E-state index in [0.717, 1.165) is 41.0 Å². The van der Waals surface area contributed by atoms with E-state index in [4.69, 9.17) is 20.4 Å². The van der Waals surface area contributed by atoms with Crippen molar-refractivity contribution in [1.29, 1.82) is 0 Å². The van der Waals surface area contributed by atoms with E-state index >= 15 is 0 Å². The number of anilines is 5. The van der Waals surface area contributed by atoms with Gasteiger partial charge in [0.05, 0.1) is 30.9 Å². The molecule has 3 aromatic rings. The molecule has 0 saturated carbocycles. The summed E-state index contributed by atoms with van der Waals surface area (Å²) in [6, 6.07) is 7.28. The van der Waals surface area contributed by atoms with Crippen molar-refractivity contribution in [2.75, 3.05) is 59.4 Å². The lowest BCUT2D eigenvalue weighted by Gasteiger charge is -2.28. The standard InChI is InChI=1S/C21H24N8O3S/c1-33(30,31)27-15-3-2-4-16(11-15)29-6-5-17-18(14-12-23-20(22)24-13-14)25-21(26-19(17)29)28-7-9-32-10-8-28/h2-4,11-13,27H,5-10H2,1H3,(H2,22,23,24). The third-order valence-electron chi connectivity index (χ3n) is 5.51. The molecule has 1 saturated heterocycles. The number of ether oxygens (including phenoxy) is 1. The Morgan fingerprint density at radius 3 is 2.58 bits per heavy atom. The van der Waals surface area contributed by atoms with Crippen LogP contribution in [0, 0.1) is 0 Å². The molecule has 2 aliphatic heterocycles. The molecule has 2 aromatic heterocycles. The number of hydrogen-bond acceptors (Lipinski definition) is 10. The molecule has 172 valence electrons. The summed E-state index contributed by atoms with van der Waals surface area (Å²) < 4.78 is 31.4. The van der Waals surface area contributed by atoms with Crippen LogP contribution in [0.3, 0.4) is 0 Å². The van der Waals surface area contributed by atoms with E-state index in [0.29, 0.717) is 44.5 Å². The maximum Gasteiger partial charge on any atom is 0.229 e. The molecule has 5 rings (SSSR count). The lowest BCUT2D eigenvalue weighted by atomic mass is 10.1. The first-order chi connectivity index (χ1) is 15.9. The average Bonchev–Trinajstić information content (AvgIpc) is 3.23. The quantitative estimate of drug-likeness (QED) is 0.565. The number of rotatable bonds is 5. The summed E-state index contributed by atoms with van der Waals surface area (Å²) in [6.07, 6.45) is 5.20. The van der Waals surface area contributed by atoms with Gasteiger partial charge in [0.1, 0.15) is 5.82 Å². The van der Waals surface area contributed by atoms with E-state index < -0.39 is 10.0 Å². The minimum Gasteiger partial charge on any atom is -0.378 e. The van der Waals surface area contributed by atoms with Crippen LogP contribution in [0.15, 0.2) is 36.7 Å². The number of aromatic nitrogens is 4. The SMILES string of the molecule is CS(=O)(=O)Nc1cccc(N2CCc3c(-c4cnc(N)nc4)nc(N4CCOCC4)nc32)c1. The molecule has 33 heavy (non-hydrogen) atoms. The molecule has 0 amide bonds. The molecule has 4 heterocycles. The summed E-state index contributed by atoms with van der Waals surface area (Å²) >= 11 is 0. The van der Waals surface area contributed by atoms with Crippen molar-refractivity contribution < 1.29 is 13.2 Å². The maximum absolute atomic E-state index is 11.7. The number of hydrogen-bond donors (Lipinski definition) is 2. The van der Waals surface area contributed by atoms with E-state index in [1.807, 2.05) is 12.1 Å². The fraction of sp³-hybridized carbons (Fsp3) is 0.333. The number of nitrogens with one attached hydrogen (secondary N) is 1. The number of nitrogens with zero attached hydrogens (tertiary/aromatic N) is 6. The number of nitrogens with two attached hydrogens (primary N) is 1. The molecule has 2 aliphatic rings. The largest absolute Gasteiger partial charge is 0.378 e. The first-order valence-electron chi connectivity index (χ1n) is 10.5. The van der Waals surface area contributed by atoms with Gasteiger partial charge < -0.3 is 20.3 Å². The maximum atomic E-state index is 11.7. The summed E-state index contributed by atoms with van der Waals surface area (Å²) in [6.45, 7) is 3.31. The highest BCUT2D eigenvalue weighted by molar-refractivity contribution is 7.92. The van der Waals surface area contributed by atoms with Crippen molar-refractivity contribution in [3.05, 3.63) is 42.2 Å². The average molecular weight is 469 g/mol. The zero-order valence-corrected chi connectivity index (χ0v) is 18.9. The second-order valence-corrected chi connectivity index (χ2v) is 9.68. The molecular formula is C21H24N8O3S. The Hall–Kier alpha value is -3.51. The van der Waals surface area contributed by atoms with Gasteiger partial charge >= 0.3 is 0 Å². The van der Waals surface area contributed by atoms with Crippen LogP contribution < -0.4 is 20.3 Å². The van der Waals surface area contributed by atoms with Crippen LogP contribution in [-0.4, -0.2) is 67.5 Å². The summed E-state index contributed by atoms with van der Waals surface area (Å²) in [7, 11) is -3.38. The highest BCUT2D eigenvalue weighted by Crippen LogP contribution is 2.39. The Bertz CT molecular complexity index is 1280. The molecule has 0 bridgehead atoms. The predicted molar refractivity (Wildman–Crippen MR) is 126 cm³/mol. The van der Waals surface area contributed by atoms with Crippen LogP contribution in [0.25, 0.3) is 11.3 Å². The van der Waals surface area contributed by atoms with Gasteiger partial charge in [-0.2, -0.15) is 4.98 Å². The molecule has 1 aromatic carbocycles. The van der Waals surface area contributed by atoms with Gasteiger partial charge in [0.25, 0.3) is 0 Å². The first kappa shape index (κ1) is 21.3. The molecule has 0 spiro atoms. The van der Waals surface area contributed by atoms with E-state index in [-0.39, 0.29) is 5.95 Å². The summed E-state index contributed by atoms with van der Waals surface area (Å²) in [4.78, 5) is 22.3. The van der Waals surface area contributed by atoms with E-state index in [1.165, 1.54) is 0 Å². The van der Waals surface area contributed by atoms with Crippen LogP contribution in [0.1, 0.15) is 5.56 Å². The molecule has 1 fully saturated rings. The fourth-order valence-corrected chi connectivity index (χ4v) is 4.61. The van der Waals surface area contributed by atoms with Gasteiger partial charge in [0.2, 0.25) is 21.9 Å². The molecule has 11 nitrogen and oxygen atoms in total. The monoisotopic (exact) mass is 468 g/mol. The van der Waals surface area contributed by atoms with Crippen LogP contribution in [0.4, 0.5) is 29.1 Å². The molecule has 0 unspecified atom stereocenters. The van der Waals surface area contributed by atoms with E-state index in [2.05, 4.69) is 24.5 Å². The number of fused-ring (bicyclic) bond motifs is 1. The Morgan fingerprint density at radius 2 is 1.85 bits per heavy atom. The Kier molecular flexibility index (Phi) is 5.46. The van der Waals surface area contributed by atoms with Crippen molar-refractivity contribution in [2.45, 2.75) is 6.42 Å². The second-order valence-electron chi connectivity index (χ2n) is 7.93. The van der Waals surface area contributed by atoms with Gasteiger partial charge in [0, 0.05) is 48.8 Å². The first-order valence-corrected chi connectivity index (χ1v) is 12.4. The smallest absolute Gasteiger partial charge is 0.229 e. The molecule has 0 aliphatic carbocycles. The van der Waals surface area contributed by atoms with Crippen LogP contribution in [-0.2, 0) is 21.2 Å². The molecule has 0 atom stereocenters. The van der Waals surface area contributed by atoms with E-state index in [1.54, 1.807) is 24.5 Å². The third kappa shape index (κ3) is 4.52. The highest BCUT2D eigenvalue weighted by Gasteiger charge is 2.29. The molecule has 3 N–H and O–H groups in total. The summed E-state index contributed by atoms with van der Waals surface area (Å²) in [5.74, 6) is 1.60. The minimum atomic E-state index is -3.38. The normalized spacial score (nSPS) is 16.0. The van der Waals surface area contributed by atoms with Crippen molar-refractivity contribution in [3.8, 4) is 11.3 Å². The lowest BCUT2D eigenvalue weighted by molar-refractivity contribution is 0.122. The molecule has 12 heteroatoms. The number of nitrogen functional groups attached to an aromatic ring is 1. The van der Waals surface area contributed by atoms with Gasteiger partial charge in [-0.1, -0.05) is 6.07 Å². The Balaban J connectivity index is 1.60. The van der Waals surface area contributed by atoms with Gasteiger partial charge in [-0.05, 0) is 24.6 Å². The summed E-state index contributed by atoms with van der Waals surface area (Å²) in [5.41, 5.74) is 9.56. The molecule has 0 radical (unpaired) electrons. The zero-order valence-electron chi connectivity index (χ0n) is 18.1. The predicted octanol–water partition coefficient (Wildman–Crippen LogP) is 1.42. The van der Waals surface area contributed by atoms with Crippen molar-refractivity contribution >= 4 is 39.1 Å². The number of sulfonamides is 1. The Labute approximate surface area is 191 Å². The van der Waals surface area contributed by atoms with Gasteiger partial charge in [-0.3, -0.25) is 4.72 Å². The third-order valence-corrected chi connectivity index (χ3v) is 6.12. The van der Waals surface area contributed by atoms with Crippen molar-refractivity contribution in [3.63, 3.8) is 0 Å². The van der Waals surface area contributed by atoms with Crippen LogP contribution >= 0.6 is 0 Å². The van der Waals surface area contributed by atoms with Gasteiger partial charge in [-0.15, -0.1) is 0 Å². The topological polar surface area (TPSA) is 139 Å². The number of morpholine rings is 1. The molecular weight excluding hydrogens is 444 g/mol. The zero-order chi connectivity index (χ0) is 23.0. The Morgan fingerprint density at radius 1 is 1.09 bits per heavy atom. The van der Waals surface area contributed by atoms with E-state index in [9.17, 15) is 8.42 Å². The van der Waals surface area contributed by atoms with Gasteiger partial charge in [-0.25, -0.2) is 23.4 Å². The van der Waals surface area contributed by atoms with Crippen molar-refractivity contribution in [1.82, 2.24) is 19.9 Å². The van der Waals surface area contributed by atoms with Crippen molar-refractivity contribution in [2.24, 2.45) is 0 Å². The highest BCUT2D eigenvalue weighted by atomic mass is 32.2. The second kappa shape index (κ2) is 8.45. The minimum absolute atomic E-state index is 0.203. The lowest BCUT2D eigenvalue weighted by Crippen LogP contribution is -2.37. The van der Waals surface area contributed by atoms with Gasteiger partial charge in [0.15, 0.2) is 0 Å². The number of benzene rings is 1. The van der Waals surface area contributed by atoms with Crippen LogP contribution in [0.2, 0.25) is 0 Å². The fourth-order valence-electron chi connectivity index (χ4n) is 4.05. The summed E-state index contributed by atoms with van der Waals surface area (Å²) in [5, 5.41) is 0.